The molecule has 2 N–H and O–H groups in total. The SMILES string of the molecule is Nc1cccc2c1CN(c1ncccc1F)CC2. The number of anilines is 2. The summed E-state index contributed by atoms with van der Waals surface area (Å²) < 4.78 is 13.7. The van der Waals surface area contributed by atoms with E-state index in [1.807, 2.05) is 17.0 Å². The summed E-state index contributed by atoms with van der Waals surface area (Å²) in [5, 5.41) is 0. The Hall–Kier alpha value is -2.10. The number of fused-ring (bicyclic) bond motifs is 1. The van der Waals surface area contributed by atoms with Crippen molar-refractivity contribution in [3.8, 4) is 0 Å². The monoisotopic (exact) mass is 243 g/mol. The zero-order valence-corrected chi connectivity index (χ0v) is 9.94. The second-order valence-corrected chi connectivity index (χ2v) is 4.47. The number of rotatable bonds is 1. The molecule has 4 heteroatoms. The number of hydrogen-bond acceptors (Lipinski definition) is 3. The Morgan fingerprint density at radius 2 is 2.11 bits per heavy atom. The molecule has 0 fully saturated rings. The summed E-state index contributed by atoms with van der Waals surface area (Å²) in [6.07, 6.45) is 2.48. The lowest BCUT2D eigenvalue weighted by Crippen LogP contribution is -2.32. The second kappa shape index (κ2) is 4.29. The molecule has 1 aliphatic rings. The van der Waals surface area contributed by atoms with E-state index in [0.29, 0.717) is 12.4 Å². The number of pyridine rings is 1. The molecule has 0 atom stereocenters. The Morgan fingerprint density at radius 3 is 2.94 bits per heavy atom. The topological polar surface area (TPSA) is 42.1 Å². The van der Waals surface area contributed by atoms with Crippen LogP contribution in [0, 0.1) is 5.82 Å². The number of nitrogen functional groups attached to an aromatic ring is 1. The molecule has 0 bridgehead atoms. The van der Waals surface area contributed by atoms with Crippen LogP contribution in [0.1, 0.15) is 11.1 Å². The van der Waals surface area contributed by atoms with Gasteiger partial charge in [0.1, 0.15) is 0 Å². The maximum atomic E-state index is 13.7. The Bertz CT molecular complexity index is 583. The highest BCUT2D eigenvalue weighted by Gasteiger charge is 2.20. The average molecular weight is 243 g/mol. The molecule has 0 saturated carbocycles. The summed E-state index contributed by atoms with van der Waals surface area (Å²) in [5.41, 5.74) is 9.09. The van der Waals surface area contributed by atoms with Crippen molar-refractivity contribution < 1.29 is 4.39 Å². The lowest BCUT2D eigenvalue weighted by Gasteiger charge is -2.30. The number of aromatic nitrogens is 1. The summed E-state index contributed by atoms with van der Waals surface area (Å²) in [4.78, 5) is 6.05. The van der Waals surface area contributed by atoms with Gasteiger partial charge in [0.05, 0.1) is 0 Å². The number of halogens is 1. The van der Waals surface area contributed by atoms with Gasteiger partial charge in [0.15, 0.2) is 11.6 Å². The van der Waals surface area contributed by atoms with Crippen molar-refractivity contribution in [3.05, 3.63) is 53.5 Å². The van der Waals surface area contributed by atoms with Crippen LogP contribution < -0.4 is 10.6 Å². The van der Waals surface area contributed by atoms with E-state index < -0.39 is 0 Å². The third-order valence-corrected chi connectivity index (χ3v) is 3.35. The molecule has 0 spiro atoms. The van der Waals surface area contributed by atoms with E-state index in [4.69, 9.17) is 5.73 Å². The minimum atomic E-state index is -0.282. The minimum Gasteiger partial charge on any atom is -0.398 e. The van der Waals surface area contributed by atoms with Crippen LogP contribution in [0.5, 0.6) is 0 Å². The molecule has 1 aromatic carbocycles. The Kier molecular flexibility index (Phi) is 2.63. The van der Waals surface area contributed by atoms with E-state index in [0.717, 1.165) is 24.2 Å². The van der Waals surface area contributed by atoms with Gasteiger partial charge in [-0.3, -0.25) is 0 Å². The molecule has 0 amide bonds. The molecule has 18 heavy (non-hydrogen) atoms. The third-order valence-electron chi connectivity index (χ3n) is 3.35. The van der Waals surface area contributed by atoms with Crippen molar-refractivity contribution >= 4 is 11.5 Å². The van der Waals surface area contributed by atoms with E-state index in [1.165, 1.54) is 11.6 Å². The molecule has 0 unspecified atom stereocenters. The molecule has 92 valence electrons. The molecule has 0 radical (unpaired) electrons. The van der Waals surface area contributed by atoms with Crippen molar-refractivity contribution in [1.29, 1.82) is 0 Å². The molecule has 2 aromatic rings. The van der Waals surface area contributed by atoms with Crippen LogP contribution in [0.4, 0.5) is 15.9 Å². The molecule has 2 heterocycles. The molecule has 3 nitrogen and oxygen atoms in total. The maximum Gasteiger partial charge on any atom is 0.165 e. The van der Waals surface area contributed by atoms with Crippen molar-refractivity contribution in [2.45, 2.75) is 13.0 Å². The van der Waals surface area contributed by atoms with E-state index >= 15 is 0 Å². The zero-order valence-electron chi connectivity index (χ0n) is 9.94. The van der Waals surface area contributed by atoms with Gasteiger partial charge in [0.2, 0.25) is 0 Å². The summed E-state index contributed by atoms with van der Waals surface area (Å²) in [6, 6.07) is 8.97. The first-order valence-electron chi connectivity index (χ1n) is 5.97. The van der Waals surface area contributed by atoms with Gasteiger partial charge in [0, 0.05) is 25.0 Å². The summed E-state index contributed by atoms with van der Waals surface area (Å²) >= 11 is 0. The minimum absolute atomic E-state index is 0.282. The fraction of sp³-hybridized carbons (Fsp3) is 0.214. The van der Waals surface area contributed by atoms with E-state index in [2.05, 4.69) is 11.1 Å². The predicted molar refractivity (Wildman–Crippen MR) is 69.8 cm³/mol. The van der Waals surface area contributed by atoms with E-state index in [-0.39, 0.29) is 5.82 Å². The molecular weight excluding hydrogens is 229 g/mol. The fourth-order valence-corrected chi connectivity index (χ4v) is 2.40. The zero-order chi connectivity index (χ0) is 12.5. The normalized spacial score (nSPS) is 14.4. The van der Waals surface area contributed by atoms with Crippen LogP contribution >= 0.6 is 0 Å². The molecular formula is C14H14FN3. The number of benzene rings is 1. The number of hydrogen-bond donors (Lipinski definition) is 1. The van der Waals surface area contributed by atoms with Gasteiger partial charge in [-0.25, -0.2) is 9.37 Å². The number of nitrogens with zero attached hydrogens (tertiary/aromatic N) is 2. The van der Waals surface area contributed by atoms with Crippen molar-refractivity contribution in [1.82, 2.24) is 4.98 Å². The largest absolute Gasteiger partial charge is 0.398 e. The Balaban J connectivity index is 1.96. The van der Waals surface area contributed by atoms with E-state index in [9.17, 15) is 4.39 Å². The second-order valence-electron chi connectivity index (χ2n) is 4.47. The van der Waals surface area contributed by atoms with Gasteiger partial charge in [-0.2, -0.15) is 0 Å². The lowest BCUT2D eigenvalue weighted by atomic mass is 9.98. The molecule has 1 aromatic heterocycles. The van der Waals surface area contributed by atoms with Gasteiger partial charge in [0.25, 0.3) is 0 Å². The first kappa shape index (κ1) is 11.0. The first-order valence-corrected chi connectivity index (χ1v) is 5.97. The number of nitrogens with two attached hydrogens (primary N) is 1. The van der Waals surface area contributed by atoms with Gasteiger partial charge in [-0.1, -0.05) is 12.1 Å². The Morgan fingerprint density at radius 1 is 1.22 bits per heavy atom. The molecule has 3 rings (SSSR count). The van der Waals surface area contributed by atoms with Gasteiger partial charge in [-0.15, -0.1) is 0 Å². The lowest BCUT2D eigenvalue weighted by molar-refractivity contribution is 0.601. The standard InChI is InChI=1S/C14H14FN3/c15-12-4-2-7-17-14(12)18-8-6-10-3-1-5-13(16)11(10)9-18/h1-5,7H,6,8-9,16H2. The smallest absolute Gasteiger partial charge is 0.165 e. The Labute approximate surface area is 105 Å². The van der Waals surface area contributed by atoms with Gasteiger partial charge < -0.3 is 10.6 Å². The van der Waals surface area contributed by atoms with Crippen molar-refractivity contribution in [2.75, 3.05) is 17.2 Å². The van der Waals surface area contributed by atoms with Crippen LogP contribution in [-0.2, 0) is 13.0 Å². The molecule has 0 aliphatic carbocycles. The van der Waals surface area contributed by atoms with Crippen molar-refractivity contribution in [2.24, 2.45) is 0 Å². The highest BCUT2D eigenvalue weighted by Crippen LogP contribution is 2.27. The average Bonchev–Trinajstić information content (AvgIpc) is 2.40. The van der Waals surface area contributed by atoms with Crippen LogP contribution in [0.15, 0.2) is 36.5 Å². The molecule has 0 saturated heterocycles. The highest BCUT2D eigenvalue weighted by atomic mass is 19.1. The predicted octanol–water partition coefficient (Wildman–Crippen LogP) is 2.37. The summed E-state index contributed by atoms with van der Waals surface area (Å²) in [5.74, 6) is 0.127. The van der Waals surface area contributed by atoms with Crippen LogP contribution in [-0.4, -0.2) is 11.5 Å². The maximum absolute atomic E-state index is 13.7. The van der Waals surface area contributed by atoms with Crippen LogP contribution in [0.25, 0.3) is 0 Å². The first-order chi connectivity index (χ1) is 8.75. The van der Waals surface area contributed by atoms with Crippen LogP contribution in [0.3, 0.4) is 0 Å². The summed E-state index contributed by atoms with van der Waals surface area (Å²) in [7, 11) is 0. The fourth-order valence-electron chi connectivity index (χ4n) is 2.40. The van der Waals surface area contributed by atoms with Gasteiger partial charge in [-0.05, 0) is 35.7 Å². The van der Waals surface area contributed by atoms with Crippen molar-refractivity contribution in [3.63, 3.8) is 0 Å². The quantitative estimate of drug-likeness (QED) is 0.782. The molecule has 1 aliphatic heterocycles. The van der Waals surface area contributed by atoms with Crippen LogP contribution in [0.2, 0.25) is 0 Å². The van der Waals surface area contributed by atoms with E-state index in [1.54, 1.807) is 12.3 Å². The highest BCUT2D eigenvalue weighted by molar-refractivity contribution is 5.55. The summed E-state index contributed by atoms with van der Waals surface area (Å²) in [6.45, 7) is 1.39. The third kappa shape index (κ3) is 1.79. The van der Waals surface area contributed by atoms with Gasteiger partial charge >= 0.3 is 0 Å².